The standard InChI is InChI=1S/C16H24O/c1-15(9-4-3-7-14-17)10-8-13-16-11-5-2-6-12-16/h2,4-6,9,11-12,15,17H,3,7-8,10,13-14H2,1H3/t15-/m0/s1. The molecule has 1 rings (SSSR count). The van der Waals surface area contributed by atoms with Gasteiger partial charge in [0.1, 0.15) is 0 Å². The van der Waals surface area contributed by atoms with Crippen molar-refractivity contribution in [3.05, 3.63) is 48.0 Å². The number of aryl methyl sites for hydroxylation is 1. The monoisotopic (exact) mass is 232 g/mol. The van der Waals surface area contributed by atoms with Crippen LogP contribution in [0.3, 0.4) is 0 Å². The number of allylic oxidation sites excluding steroid dienone is 2. The molecule has 0 aromatic heterocycles. The van der Waals surface area contributed by atoms with Crippen LogP contribution in [0.1, 0.15) is 38.2 Å². The van der Waals surface area contributed by atoms with Crippen LogP contribution in [0.5, 0.6) is 0 Å². The molecule has 1 nitrogen and oxygen atoms in total. The Balaban J connectivity index is 2.12. The summed E-state index contributed by atoms with van der Waals surface area (Å²) in [6.45, 7) is 2.56. The third kappa shape index (κ3) is 6.96. The van der Waals surface area contributed by atoms with Crippen LogP contribution in [0.15, 0.2) is 42.5 Å². The molecule has 0 unspecified atom stereocenters. The summed E-state index contributed by atoms with van der Waals surface area (Å²) >= 11 is 0. The number of aliphatic hydroxyl groups is 1. The molecule has 1 aromatic carbocycles. The van der Waals surface area contributed by atoms with Gasteiger partial charge in [0.15, 0.2) is 0 Å². The van der Waals surface area contributed by atoms with E-state index in [1.54, 1.807) is 0 Å². The normalized spacial score (nSPS) is 13.1. The van der Waals surface area contributed by atoms with Gasteiger partial charge < -0.3 is 5.11 Å². The molecule has 1 atom stereocenters. The number of benzene rings is 1. The SMILES string of the molecule is C[C@@H](C=CCCCO)CCCc1ccccc1. The average molecular weight is 232 g/mol. The fraction of sp³-hybridized carbons (Fsp3) is 0.500. The van der Waals surface area contributed by atoms with Crippen LogP contribution < -0.4 is 0 Å². The van der Waals surface area contributed by atoms with Gasteiger partial charge in [0.2, 0.25) is 0 Å². The fourth-order valence-electron chi connectivity index (χ4n) is 1.91. The topological polar surface area (TPSA) is 20.2 Å². The van der Waals surface area contributed by atoms with Crippen molar-refractivity contribution in [3.8, 4) is 0 Å². The first-order valence-electron chi connectivity index (χ1n) is 6.64. The third-order valence-corrected chi connectivity index (χ3v) is 2.96. The molecule has 0 aliphatic carbocycles. The number of hydrogen-bond donors (Lipinski definition) is 1. The Morgan fingerprint density at radius 2 is 1.94 bits per heavy atom. The number of rotatable bonds is 8. The highest BCUT2D eigenvalue weighted by atomic mass is 16.2. The van der Waals surface area contributed by atoms with Crippen molar-refractivity contribution < 1.29 is 5.11 Å². The Morgan fingerprint density at radius 3 is 2.65 bits per heavy atom. The summed E-state index contributed by atoms with van der Waals surface area (Å²) < 4.78 is 0. The van der Waals surface area contributed by atoms with Gasteiger partial charge in [-0.3, -0.25) is 0 Å². The average Bonchev–Trinajstić information content (AvgIpc) is 2.36. The lowest BCUT2D eigenvalue weighted by atomic mass is 10.0. The van der Waals surface area contributed by atoms with E-state index in [4.69, 9.17) is 5.11 Å². The van der Waals surface area contributed by atoms with Gasteiger partial charge in [-0.1, -0.05) is 49.4 Å². The zero-order valence-corrected chi connectivity index (χ0v) is 10.8. The highest BCUT2D eigenvalue weighted by molar-refractivity contribution is 5.14. The Labute approximate surface area is 105 Å². The van der Waals surface area contributed by atoms with Crippen molar-refractivity contribution in [1.29, 1.82) is 0 Å². The van der Waals surface area contributed by atoms with Gasteiger partial charge >= 0.3 is 0 Å². The van der Waals surface area contributed by atoms with Gasteiger partial charge in [-0.2, -0.15) is 0 Å². The van der Waals surface area contributed by atoms with E-state index in [2.05, 4.69) is 49.4 Å². The van der Waals surface area contributed by atoms with Gasteiger partial charge in [0.05, 0.1) is 0 Å². The largest absolute Gasteiger partial charge is 0.396 e. The summed E-state index contributed by atoms with van der Waals surface area (Å²) in [5.41, 5.74) is 1.43. The van der Waals surface area contributed by atoms with Crippen LogP contribution in [-0.4, -0.2) is 11.7 Å². The first kappa shape index (κ1) is 14.0. The van der Waals surface area contributed by atoms with Gasteiger partial charge in [-0.05, 0) is 43.6 Å². The Morgan fingerprint density at radius 1 is 1.18 bits per heavy atom. The van der Waals surface area contributed by atoms with Crippen molar-refractivity contribution in [1.82, 2.24) is 0 Å². The highest BCUT2D eigenvalue weighted by Crippen LogP contribution is 2.11. The first-order valence-corrected chi connectivity index (χ1v) is 6.64. The molecule has 0 radical (unpaired) electrons. The molecule has 0 spiro atoms. The Hall–Kier alpha value is -1.08. The van der Waals surface area contributed by atoms with E-state index in [1.165, 1.54) is 24.8 Å². The van der Waals surface area contributed by atoms with E-state index in [-0.39, 0.29) is 0 Å². The summed E-state index contributed by atoms with van der Waals surface area (Å²) in [5.74, 6) is 0.650. The molecule has 94 valence electrons. The van der Waals surface area contributed by atoms with Crippen LogP contribution in [-0.2, 0) is 6.42 Å². The van der Waals surface area contributed by atoms with Gasteiger partial charge in [0.25, 0.3) is 0 Å². The van der Waals surface area contributed by atoms with Crippen molar-refractivity contribution in [2.75, 3.05) is 6.61 Å². The lowest BCUT2D eigenvalue weighted by Gasteiger charge is -2.06. The van der Waals surface area contributed by atoms with Crippen molar-refractivity contribution in [2.24, 2.45) is 5.92 Å². The van der Waals surface area contributed by atoms with E-state index < -0.39 is 0 Å². The summed E-state index contributed by atoms with van der Waals surface area (Å²) in [7, 11) is 0. The number of unbranched alkanes of at least 4 members (excludes halogenated alkanes) is 1. The Kier molecular flexibility index (Phi) is 7.40. The van der Waals surface area contributed by atoms with E-state index in [1.807, 2.05) is 0 Å². The molecule has 0 fully saturated rings. The summed E-state index contributed by atoms with van der Waals surface area (Å²) in [4.78, 5) is 0. The van der Waals surface area contributed by atoms with E-state index in [9.17, 15) is 0 Å². The summed E-state index contributed by atoms with van der Waals surface area (Å²) in [6, 6.07) is 10.7. The minimum Gasteiger partial charge on any atom is -0.396 e. The molecule has 0 bridgehead atoms. The van der Waals surface area contributed by atoms with Crippen LogP contribution >= 0.6 is 0 Å². The lowest BCUT2D eigenvalue weighted by Crippen LogP contribution is -1.92. The summed E-state index contributed by atoms with van der Waals surface area (Å²) in [5, 5.41) is 8.67. The number of aliphatic hydroxyl groups excluding tert-OH is 1. The van der Waals surface area contributed by atoms with E-state index in [0.717, 1.165) is 12.8 Å². The smallest absolute Gasteiger partial charge is 0.0433 e. The second-order valence-electron chi connectivity index (χ2n) is 4.65. The van der Waals surface area contributed by atoms with Gasteiger partial charge in [0, 0.05) is 6.61 Å². The second kappa shape index (κ2) is 9.00. The summed E-state index contributed by atoms with van der Waals surface area (Å²) in [6.07, 6.45) is 10.0. The van der Waals surface area contributed by atoms with Crippen LogP contribution in [0.4, 0.5) is 0 Å². The Bertz CT molecular complexity index is 303. The highest BCUT2D eigenvalue weighted by Gasteiger charge is 1.97. The molecule has 17 heavy (non-hydrogen) atoms. The van der Waals surface area contributed by atoms with Crippen molar-refractivity contribution >= 4 is 0 Å². The molecular formula is C16H24O. The minimum atomic E-state index is 0.298. The first-order chi connectivity index (χ1) is 8.33. The predicted molar refractivity (Wildman–Crippen MR) is 74.0 cm³/mol. The third-order valence-electron chi connectivity index (χ3n) is 2.96. The lowest BCUT2D eigenvalue weighted by molar-refractivity contribution is 0.289. The van der Waals surface area contributed by atoms with Crippen molar-refractivity contribution in [2.45, 2.75) is 39.0 Å². The molecule has 1 heteroatoms. The molecule has 1 N–H and O–H groups in total. The molecule has 0 aliphatic heterocycles. The molecule has 0 saturated carbocycles. The molecule has 0 saturated heterocycles. The van der Waals surface area contributed by atoms with E-state index >= 15 is 0 Å². The van der Waals surface area contributed by atoms with Gasteiger partial charge in [-0.25, -0.2) is 0 Å². The minimum absolute atomic E-state index is 0.298. The zero-order chi connectivity index (χ0) is 12.3. The van der Waals surface area contributed by atoms with Crippen LogP contribution in [0.2, 0.25) is 0 Å². The molecule has 0 heterocycles. The molecular weight excluding hydrogens is 208 g/mol. The molecule has 1 aromatic rings. The predicted octanol–water partition coefficient (Wildman–Crippen LogP) is 3.97. The van der Waals surface area contributed by atoms with Gasteiger partial charge in [-0.15, -0.1) is 0 Å². The van der Waals surface area contributed by atoms with Crippen LogP contribution in [0.25, 0.3) is 0 Å². The maximum Gasteiger partial charge on any atom is 0.0433 e. The second-order valence-corrected chi connectivity index (χ2v) is 4.65. The maximum atomic E-state index is 8.67. The van der Waals surface area contributed by atoms with E-state index in [0.29, 0.717) is 12.5 Å². The fourth-order valence-corrected chi connectivity index (χ4v) is 1.91. The van der Waals surface area contributed by atoms with Crippen LogP contribution in [0, 0.1) is 5.92 Å². The van der Waals surface area contributed by atoms with Crippen molar-refractivity contribution in [3.63, 3.8) is 0 Å². The molecule has 0 aliphatic rings. The zero-order valence-electron chi connectivity index (χ0n) is 10.8. The number of hydrogen-bond acceptors (Lipinski definition) is 1. The quantitative estimate of drug-likeness (QED) is 0.531. The maximum absolute atomic E-state index is 8.67. The molecule has 0 amide bonds.